The van der Waals surface area contributed by atoms with Gasteiger partial charge in [-0.2, -0.15) is 0 Å². The maximum atomic E-state index is 13.0. The Bertz CT molecular complexity index is 1220. The van der Waals surface area contributed by atoms with E-state index in [-0.39, 0.29) is 17.0 Å². The maximum Gasteiger partial charge on any atom is 0.246 e. The van der Waals surface area contributed by atoms with Crippen molar-refractivity contribution in [3.63, 3.8) is 0 Å². The fourth-order valence-electron chi connectivity index (χ4n) is 3.68. The summed E-state index contributed by atoms with van der Waals surface area (Å²) in [6.07, 6.45) is 0. The Morgan fingerprint density at radius 3 is 2.52 bits per heavy atom. The molecule has 3 aromatic carbocycles. The third-order valence-electron chi connectivity index (χ3n) is 4.94. The highest BCUT2D eigenvalue weighted by Gasteiger charge is 2.36. The summed E-state index contributed by atoms with van der Waals surface area (Å²) in [7, 11) is 0. The van der Waals surface area contributed by atoms with E-state index in [1.54, 1.807) is 16.7 Å². The summed E-state index contributed by atoms with van der Waals surface area (Å²) < 4.78 is 6.33. The van der Waals surface area contributed by atoms with Gasteiger partial charge < -0.3 is 4.42 Å². The highest BCUT2D eigenvalue weighted by Crippen LogP contribution is 2.54. The number of alkyl halides is 1. The number of amides is 1. The fourth-order valence-corrected chi connectivity index (χ4v) is 5.17. The summed E-state index contributed by atoms with van der Waals surface area (Å²) in [4.78, 5) is 15.7. The number of fused-ring (bicyclic) bond motifs is 4. The molecule has 1 amide bonds. The molecular formula is C23H15Cl2NO2S. The van der Waals surface area contributed by atoms with Crippen LogP contribution in [-0.4, -0.2) is 11.8 Å². The molecule has 1 aliphatic rings. The average Bonchev–Trinajstić information content (AvgIpc) is 3.06. The molecule has 5 rings (SSSR count). The van der Waals surface area contributed by atoms with Gasteiger partial charge in [-0.05, 0) is 42.0 Å². The van der Waals surface area contributed by atoms with Gasteiger partial charge >= 0.3 is 0 Å². The van der Waals surface area contributed by atoms with Gasteiger partial charge in [-0.3, -0.25) is 9.69 Å². The second kappa shape index (κ2) is 7.45. The van der Waals surface area contributed by atoms with Crippen molar-refractivity contribution in [3.8, 4) is 0 Å². The lowest BCUT2D eigenvalue weighted by atomic mass is 10.1. The second-order valence-corrected chi connectivity index (χ2v) is 8.54. The minimum Gasteiger partial charge on any atom is -0.457 e. The lowest BCUT2D eigenvalue weighted by Crippen LogP contribution is -2.27. The monoisotopic (exact) mass is 439 g/mol. The topological polar surface area (TPSA) is 33.5 Å². The van der Waals surface area contributed by atoms with Gasteiger partial charge in [-0.15, -0.1) is 23.4 Å². The van der Waals surface area contributed by atoms with E-state index in [1.165, 1.54) is 0 Å². The van der Waals surface area contributed by atoms with E-state index in [9.17, 15) is 4.79 Å². The van der Waals surface area contributed by atoms with Gasteiger partial charge in [0.25, 0.3) is 0 Å². The van der Waals surface area contributed by atoms with Gasteiger partial charge in [0.2, 0.25) is 5.91 Å². The first-order valence-electron chi connectivity index (χ1n) is 9.09. The molecule has 1 unspecified atom stereocenters. The average molecular weight is 440 g/mol. The molecule has 0 spiro atoms. The molecule has 0 radical (unpaired) electrons. The van der Waals surface area contributed by atoms with Crippen LogP contribution in [0, 0.1) is 0 Å². The van der Waals surface area contributed by atoms with E-state index in [1.807, 2.05) is 72.8 Å². The minimum absolute atomic E-state index is 0.121. The van der Waals surface area contributed by atoms with Crippen LogP contribution in [-0.2, 0) is 4.79 Å². The molecule has 0 aliphatic carbocycles. The number of carbonyl (C=O) groups is 1. The molecule has 29 heavy (non-hydrogen) atoms. The highest BCUT2D eigenvalue weighted by atomic mass is 35.5. The number of para-hydroxylation sites is 2. The lowest BCUT2D eigenvalue weighted by molar-refractivity contribution is -0.115. The summed E-state index contributed by atoms with van der Waals surface area (Å²) in [6, 6.07) is 23.4. The first kappa shape index (κ1) is 18.6. The number of carbonyl (C=O) groups excluding carboxylic acids is 1. The molecule has 144 valence electrons. The first-order chi connectivity index (χ1) is 14.2. The molecule has 0 bridgehead atoms. The van der Waals surface area contributed by atoms with Crippen LogP contribution in [0.5, 0.6) is 0 Å². The number of hydrogen-bond acceptors (Lipinski definition) is 3. The van der Waals surface area contributed by atoms with Gasteiger partial charge in [0.15, 0.2) is 0 Å². The maximum absolute atomic E-state index is 13.0. The summed E-state index contributed by atoms with van der Waals surface area (Å²) in [6.45, 7) is 0. The first-order valence-corrected chi connectivity index (χ1v) is 10.9. The summed E-state index contributed by atoms with van der Waals surface area (Å²) >= 11 is 13.8. The smallest absolute Gasteiger partial charge is 0.246 e. The zero-order valence-corrected chi connectivity index (χ0v) is 17.5. The number of hydrogen-bond donors (Lipinski definition) is 0. The quantitative estimate of drug-likeness (QED) is 0.310. The number of halogens is 2. The largest absolute Gasteiger partial charge is 0.457 e. The standard InChI is InChI=1S/C23H15Cl2NO2S/c24-13-20(27)26-17-6-2-4-8-19(17)29-23(14-9-11-15(25)12-10-14)22-21(26)16-5-1-3-7-18(16)28-22/h1-12,23H,13H2. The molecule has 6 heteroatoms. The van der Waals surface area contributed by atoms with E-state index < -0.39 is 0 Å². The lowest BCUT2D eigenvalue weighted by Gasteiger charge is -2.22. The van der Waals surface area contributed by atoms with Crippen molar-refractivity contribution in [2.24, 2.45) is 0 Å². The Labute approximate surface area is 182 Å². The van der Waals surface area contributed by atoms with Gasteiger partial charge in [0.1, 0.15) is 17.2 Å². The van der Waals surface area contributed by atoms with Crippen molar-refractivity contribution in [2.75, 3.05) is 10.8 Å². The molecule has 2 heterocycles. The van der Waals surface area contributed by atoms with Crippen molar-refractivity contribution >= 4 is 63.2 Å². The van der Waals surface area contributed by atoms with Crippen LogP contribution in [0.25, 0.3) is 11.0 Å². The van der Waals surface area contributed by atoms with Gasteiger partial charge in [-0.1, -0.05) is 48.0 Å². The van der Waals surface area contributed by atoms with Crippen LogP contribution in [0.3, 0.4) is 0 Å². The van der Waals surface area contributed by atoms with Crippen LogP contribution >= 0.6 is 35.0 Å². The Hall–Kier alpha value is -2.40. The number of rotatable bonds is 2. The molecule has 0 fully saturated rings. The minimum atomic E-state index is -0.190. The molecule has 1 aliphatic heterocycles. The SMILES string of the molecule is O=C(CCl)N1c2ccccc2SC(c2ccc(Cl)cc2)c2oc3ccccc3c21. The van der Waals surface area contributed by atoms with Crippen LogP contribution in [0.15, 0.2) is 82.1 Å². The molecule has 0 saturated heterocycles. The molecule has 3 nitrogen and oxygen atoms in total. The fraction of sp³-hybridized carbons (Fsp3) is 0.0870. The van der Waals surface area contributed by atoms with Gasteiger partial charge in [0, 0.05) is 15.3 Å². The third-order valence-corrected chi connectivity index (χ3v) is 6.75. The van der Waals surface area contributed by atoms with E-state index in [4.69, 9.17) is 27.6 Å². The third kappa shape index (κ3) is 3.12. The molecule has 4 aromatic rings. The summed E-state index contributed by atoms with van der Waals surface area (Å²) in [5.74, 6) is 0.418. The molecule has 1 aromatic heterocycles. The number of furan rings is 1. The van der Waals surface area contributed by atoms with Crippen LogP contribution in [0.4, 0.5) is 11.4 Å². The van der Waals surface area contributed by atoms with Gasteiger partial charge in [0.05, 0.1) is 16.6 Å². The van der Waals surface area contributed by atoms with Crippen LogP contribution < -0.4 is 4.90 Å². The zero-order valence-electron chi connectivity index (χ0n) is 15.1. The van der Waals surface area contributed by atoms with Gasteiger partial charge in [-0.25, -0.2) is 0 Å². The summed E-state index contributed by atoms with van der Waals surface area (Å²) in [5, 5.41) is 1.43. The Morgan fingerprint density at radius 2 is 1.72 bits per heavy atom. The van der Waals surface area contributed by atoms with Crippen molar-refractivity contribution in [3.05, 3.63) is 89.1 Å². The van der Waals surface area contributed by atoms with E-state index in [0.29, 0.717) is 5.02 Å². The molecule has 0 N–H and O–H groups in total. The number of thioether (sulfide) groups is 1. The number of anilines is 2. The number of nitrogens with zero attached hydrogens (tertiary/aromatic N) is 1. The Balaban J connectivity index is 1.84. The number of benzene rings is 3. The second-order valence-electron chi connectivity index (χ2n) is 6.69. The predicted octanol–water partition coefficient (Wildman–Crippen LogP) is 7.18. The van der Waals surface area contributed by atoms with Crippen LogP contribution in [0.1, 0.15) is 16.6 Å². The highest BCUT2D eigenvalue weighted by molar-refractivity contribution is 8.00. The van der Waals surface area contributed by atoms with Crippen molar-refractivity contribution < 1.29 is 9.21 Å². The van der Waals surface area contributed by atoms with Crippen molar-refractivity contribution in [1.82, 2.24) is 0 Å². The Morgan fingerprint density at radius 1 is 1.00 bits per heavy atom. The molecular weight excluding hydrogens is 425 g/mol. The zero-order chi connectivity index (χ0) is 20.0. The van der Waals surface area contributed by atoms with Crippen LogP contribution in [0.2, 0.25) is 5.02 Å². The van der Waals surface area contributed by atoms with E-state index in [2.05, 4.69) is 0 Å². The molecule has 1 atom stereocenters. The normalized spacial score (nSPS) is 15.7. The van der Waals surface area contributed by atoms with Crippen molar-refractivity contribution in [2.45, 2.75) is 10.1 Å². The van der Waals surface area contributed by atoms with E-state index in [0.717, 1.165) is 38.6 Å². The predicted molar refractivity (Wildman–Crippen MR) is 120 cm³/mol. The van der Waals surface area contributed by atoms with Crippen molar-refractivity contribution in [1.29, 1.82) is 0 Å². The summed E-state index contributed by atoms with van der Waals surface area (Å²) in [5.41, 5.74) is 3.36. The van der Waals surface area contributed by atoms with E-state index >= 15 is 0 Å². The Kier molecular flexibility index (Phi) is 4.78. The molecule has 0 saturated carbocycles.